The van der Waals surface area contributed by atoms with Crippen molar-refractivity contribution in [3.05, 3.63) is 33.8 Å². The van der Waals surface area contributed by atoms with Crippen LogP contribution in [0.5, 0.6) is 0 Å². The molecule has 0 aliphatic carbocycles. The Kier molecular flexibility index (Phi) is 6.29. The second-order valence-electron chi connectivity index (χ2n) is 8.78. The van der Waals surface area contributed by atoms with E-state index in [-0.39, 0.29) is 12.2 Å². The molecule has 0 saturated carbocycles. The average molecular weight is 382 g/mol. The molecule has 0 N–H and O–H groups in total. The number of aryl methyl sites for hydroxylation is 2. The van der Waals surface area contributed by atoms with Gasteiger partial charge in [-0.2, -0.15) is 0 Å². The van der Waals surface area contributed by atoms with E-state index in [4.69, 9.17) is 21.1 Å². The van der Waals surface area contributed by atoms with E-state index in [1.54, 1.807) is 4.90 Å². The van der Waals surface area contributed by atoms with Gasteiger partial charge in [-0.25, -0.2) is 4.79 Å². The molecular weight excluding hydrogens is 350 g/mol. The van der Waals surface area contributed by atoms with Crippen molar-refractivity contribution in [2.45, 2.75) is 78.6 Å². The van der Waals surface area contributed by atoms with Crippen LogP contribution in [0.25, 0.3) is 0 Å². The Labute approximate surface area is 162 Å². The first-order valence-corrected chi connectivity index (χ1v) is 9.71. The Morgan fingerprint density at radius 2 is 2.04 bits per heavy atom. The Morgan fingerprint density at radius 1 is 1.38 bits per heavy atom. The van der Waals surface area contributed by atoms with Gasteiger partial charge in [0, 0.05) is 11.4 Å². The maximum atomic E-state index is 12.6. The molecule has 26 heavy (non-hydrogen) atoms. The smallest absolute Gasteiger partial charge is 0.410 e. The largest absolute Gasteiger partial charge is 0.444 e. The van der Waals surface area contributed by atoms with Crippen molar-refractivity contribution in [1.29, 1.82) is 0 Å². The minimum Gasteiger partial charge on any atom is -0.444 e. The number of hydrogen-bond acceptors (Lipinski definition) is 3. The highest BCUT2D eigenvalue weighted by atomic mass is 35.5. The van der Waals surface area contributed by atoms with Crippen molar-refractivity contribution in [2.75, 3.05) is 13.1 Å². The molecule has 0 bridgehead atoms. The normalized spacial score (nSPS) is 20.2. The number of rotatable bonds is 3. The number of benzene rings is 1. The molecule has 1 aliphatic heterocycles. The molecule has 1 aromatic rings. The first-order chi connectivity index (χ1) is 11.9. The summed E-state index contributed by atoms with van der Waals surface area (Å²) in [6.07, 6.45) is 1.33. The first kappa shape index (κ1) is 21.0. The summed E-state index contributed by atoms with van der Waals surface area (Å²) in [6, 6.07) is 4.03. The Bertz CT molecular complexity index is 664. The molecule has 1 aromatic carbocycles. The number of nitrogens with zero attached hydrogens (tertiary/aromatic N) is 1. The summed E-state index contributed by atoms with van der Waals surface area (Å²) in [5, 5.41) is 0.767. The van der Waals surface area contributed by atoms with Gasteiger partial charge in [-0.3, -0.25) is 0 Å². The predicted molar refractivity (Wildman–Crippen MR) is 106 cm³/mol. The lowest BCUT2D eigenvalue weighted by molar-refractivity contribution is -0.132. The summed E-state index contributed by atoms with van der Waals surface area (Å²) in [5.41, 5.74) is 2.77. The van der Waals surface area contributed by atoms with Crippen LogP contribution in [0.4, 0.5) is 4.79 Å². The molecule has 4 nitrogen and oxygen atoms in total. The Morgan fingerprint density at radius 3 is 2.62 bits per heavy atom. The van der Waals surface area contributed by atoms with Crippen LogP contribution in [0, 0.1) is 6.92 Å². The molecule has 1 saturated heterocycles. The maximum absolute atomic E-state index is 12.6. The van der Waals surface area contributed by atoms with E-state index in [1.807, 2.05) is 46.8 Å². The summed E-state index contributed by atoms with van der Waals surface area (Å²) in [4.78, 5) is 14.3. The molecule has 5 heteroatoms. The van der Waals surface area contributed by atoms with E-state index in [9.17, 15) is 4.79 Å². The molecule has 0 spiro atoms. The van der Waals surface area contributed by atoms with Crippen molar-refractivity contribution in [2.24, 2.45) is 0 Å². The van der Waals surface area contributed by atoms with Crippen LogP contribution in [0.1, 0.15) is 58.2 Å². The third kappa shape index (κ3) is 5.62. The number of hydrogen-bond donors (Lipinski definition) is 0. The third-order valence-electron chi connectivity index (χ3n) is 4.48. The van der Waals surface area contributed by atoms with Gasteiger partial charge in [0.15, 0.2) is 0 Å². The molecule has 1 atom stereocenters. The molecule has 146 valence electrons. The second-order valence-corrected chi connectivity index (χ2v) is 9.21. The maximum Gasteiger partial charge on any atom is 0.410 e. The van der Waals surface area contributed by atoms with E-state index in [0.717, 1.165) is 17.9 Å². The van der Waals surface area contributed by atoms with Crippen molar-refractivity contribution in [3.63, 3.8) is 0 Å². The summed E-state index contributed by atoms with van der Waals surface area (Å²) >= 11 is 6.21. The first-order valence-electron chi connectivity index (χ1n) is 9.34. The molecule has 0 aromatic heterocycles. The van der Waals surface area contributed by atoms with Gasteiger partial charge in [-0.1, -0.05) is 18.5 Å². The van der Waals surface area contributed by atoms with Gasteiger partial charge < -0.3 is 14.4 Å². The Balaban J connectivity index is 2.21. The molecule has 1 heterocycles. The number of ether oxygens (including phenoxy) is 2. The highest BCUT2D eigenvalue weighted by Gasteiger charge is 2.37. The van der Waals surface area contributed by atoms with Gasteiger partial charge in [0.05, 0.1) is 24.8 Å². The Hall–Kier alpha value is -1.26. The second kappa shape index (κ2) is 7.77. The zero-order valence-corrected chi connectivity index (χ0v) is 17.9. The van der Waals surface area contributed by atoms with Gasteiger partial charge in [-0.15, -0.1) is 0 Å². The number of carbonyl (C=O) groups is 1. The lowest BCUT2D eigenvalue weighted by Crippen LogP contribution is -2.56. The molecule has 1 fully saturated rings. The summed E-state index contributed by atoms with van der Waals surface area (Å²) < 4.78 is 11.9. The van der Waals surface area contributed by atoms with E-state index < -0.39 is 11.2 Å². The monoisotopic (exact) mass is 381 g/mol. The van der Waals surface area contributed by atoms with Crippen LogP contribution in [-0.4, -0.2) is 41.4 Å². The summed E-state index contributed by atoms with van der Waals surface area (Å²) in [6.45, 7) is 15.0. The summed E-state index contributed by atoms with van der Waals surface area (Å²) in [7, 11) is 0. The number of halogens is 1. The highest BCUT2D eigenvalue weighted by Crippen LogP contribution is 2.28. The van der Waals surface area contributed by atoms with Crippen LogP contribution in [0.2, 0.25) is 5.02 Å². The molecular formula is C21H32ClNO3. The fraction of sp³-hybridized carbons (Fsp3) is 0.667. The van der Waals surface area contributed by atoms with Crippen molar-refractivity contribution < 1.29 is 14.3 Å². The highest BCUT2D eigenvalue weighted by molar-refractivity contribution is 6.30. The zero-order chi connectivity index (χ0) is 19.7. The lowest BCUT2D eigenvalue weighted by Gasteiger charge is -2.43. The topological polar surface area (TPSA) is 38.8 Å². The van der Waals surface area contributed by atoms with Gasteiger partial charge in [0.25, 0.3) is 0 Å². The predicted octanol–water partition coefficient (Wildman–Crippen LogP) is 5.17. The molecule has 0 radical (unpaired) electrons. The zero-order valence-electron chi connectivity index (χ0n) is 17.1. The van der Waals surface area contributed by atoms with Crippen LogP contribution >= 0.6 is 11.6 Å². The van der Waals surface area contributed by atoms with E-state index in [0.29, 0.717) is 13.1 Å². The van der Waals surface area contributed by atoms with Gasteiger partial charge >= 0.3 is 6.09 Å². The average Bonchev–Trinajstić information content (AvgIpc) is 2.46. The third-order valence-corrected chi connectivity index (χ3v) is 4.69. The minimum absolute atomic E-state index is 0.0727. The molecule has 1 amide bonds. The van der Waals surface area contributed by atoms with Gasteiger partial charge in [0.1, 0.15) is 5.60 Å². The lowest BCUT2D eigenvalue weighted by atomic mass is 9.93. The fourth-order valence-corrected chi connectivity index (χ4v) is 3.84. The summed E-state index contributed by atoms with van der Waals surface area (Å²) in [5.74, 6) is 0. The van der Waals surface area contributed by atoms with E-state index in [1.165, 1.54) is 16.7 Å². The van der Waals surface area contributed by atoms with Gasteiger partial charge in [0.2, 0.25) is 0 Å². The van der Waals surface area contributed by atoms with Crippen LogP contribution in [-0.2, 0) is 22.3 Å². The quantitative estimate of drug-likeness (QED) is 0.725. The van der Waals surface area contributed by atoms with Crippen LogP contribution < -0.4 is 0 Å². The van der Waals surface area contributed by atoms with Crippen LogP contribution in [0.15, 0.2) is 12.1 Å². The molecule has 1 unspecified atom stereocenters. The van der Waals surface area contributed by atoms with Crippen molar-refractivity contribution in [1.82, 2.24) is 4.90 Å². The standard InChI is InChI=1S/C21H32ClNO3/c1-8-15-10-16(22)9-14(2)18(15)11-17-12-23(13-21(6,7)25-17)19(24)26-20(3,4)5/h9-10,17H,8,11-13H2,1-7H3. The van der Waals surface area contributed by atoms with Crippen molar-refractivity contribution in [3.8, 4) is 0 Å². The number of morpholine rings is 1. The molecule has 2 rings (SSSR count). The minimum atomic E-state index is -0.503. The van der Waals surface area contributed by atoms with Crippen LogP contribution in [0.3, 0.4) is 0 Å². The number of amides is 1. The fourth-order valence-electron chi connectivity index (χ4n) is 3.55. The van der Waals surface area contributed by atoms with E-state index >= 15 is 0 Å². The SMILES string of the molecule is CCc1cc(Cl)cc(C)c1CC1CN(C(=O)OC(C)(C)C)CC(C)(C)O1. The van der Waals surface area contributed by atoms with Crippen molar-refractivity contribution >= 4 is 17.7 Å². The van der Waals surface area contributed by atoms with Gasteiger partial charge in [-0.05, 0) is 76.8 Å². The molecule has 1 aliphatic rings. The van der Waals surface area contributed by atoms with E-state index in [2.05, 4.69) is 13.8 Å². The number of carbonyl (C=O) groups excluding carboxylic acids is 1.